The van der Waals surface area contributed by atoms with E-state index in [1.807, 2.05) is 0 Å². The van der Waals surface area contributed by atoms with E-state index in [9.17, 15) is 9.59 Å². The summed E-state index contributed by atoms with van der Waals surface area (Å²) in [4.78, 5) is 34.2. The van der Waals surface area contributed by atoms with Crippen LogP contribution in [0.1, 0.15) is 30.1 Å². The average molecular weight is 405 g/mol. The summed E-state index contributed by atoms with van der Waals surface area (Å²) >= 11 is 0. The lowest BCUT2D eigenvalue weighted by Crippen LogP contribution is -2.53. The van der Waals surface area contributed by atoms with Gasteiger partial charge >= 0.3 is 6.09 Å². The van der Waals surface area contributed by atoms with Crippen molar-refractivity contribution in [3.05, 3.63) is 23.9 Å². The third-order valence-corrected chi connectivity index (χ3v) is 5.67. The van der Waals surface area contributed by atoms with E-state index >= 15 is 0 Å². The highest BCUT2D eigenvalue weighted by Gasteiger charge is 2.28. The van der Waals surface area contributed by atoms with Crippen LogP contribution >= 0.6 is 0 Å². The lowest BCUT2D eigenvalue weighted by Gasteiger charge is -2.38. The molecule has 0 aromatic carbocycles. The van der Waals surface area contributed by atoms with Crippen molar-refractivity contribution in [3.8, 4) is 0 Å². The summed E-state index contributed by atoms with van der Waals surface area (Å²) < 4.78 is 11.0. The largest absolute Gasteiger partial charge is 0.446 e. The zero-order valence-corrected chi connectivity index (χ0v) is 17.2. The highest BCUT2D eigenvalue weighted by molar-refractivity contribution is 5.92. The van der Waals surface area contributed by atoms with E-state index in [-0.39, 0.29) is 12.2 Å². The number of nitrogens with two attached hydrogens (primary N) is 1. The van der Waals surface area contributed by atoms with Crippen LogP contribution in [0, 0.1) is 0 Å². The Morgan fingerprint density at radius 3 is 2.41 bits per heavy atom. The highest BCUT2D eigenvalue weighted by atomic mass is 16.6. The maximum absolute atomic E-state index is 12.5. The van der Waals surface area contributed by atoms with Crippen LogP contribution in [0.3, 0.4) is 0 Å². The Morgan fingerprint density at radius 2 is 1.86 bits per heavy atom. The van der Waals surface area contributed by atoms with Gasteiger partial charge in [-0.25, -0.2) is 9.78 Å². The molecule has 160 valence electrons. The van der Waals surface area contributed by atoms with E-state index in [0.717, 1.165) is 44.8 Å². The van der Waals surface area contributed by atoms with Crippen molar-refractivity contribution in [1.82, 2.24) is 14.8 Å². The smallest absolute Gasteiger partial charge is 0.410 e. The monoisotopic (exact) mass is 405 g/mol. The minimum Gasteiger partial charge on any atom is -0.446 e. The van der Waals surface area contributed by atoms with Crippen LogP contribution in [0.15, 0.2) is 18.3 Å². The number of nitrogens with zero attached hydrogens (tertiary/aromatic N) is 4. The quantitative estimate of drug-likeness (QED) is 0.751. The number of carbonyl (C=O) groups excluding carboxylic acids is 2. The molecule has 2 amide bonds. The molecular weight excluding hydrogens is 374 g/mol. The van der Waals surface area contributed by atoms with Crippen LogP contribution in [0.5, 0.6) is 0 Å². The van der Waals surface area contributed by atoms with E-state index in [2.05, 4.69) is 21.7 Å². The van der Waals surface area contributed by atoms with Crippen LogP contribution in [-0.4, -0.2) is 91.9 Å². The van der Waals surface area contributed by atoms with Crippen molar-refractivity contribution in [1.29, 1.82) is 0 Å². The zero-order chi connectivity index (χ0) is 20.8. The van der Waals surface area contributed by atoms with Gasteiger partial charge in [0, 0.05) is 71.5 Å². The first-order valence-electron chi connectivity index (χ1n) is 10.2. The minimum absolute atomic E-state index is 0.0749. The molecule has 9 nitrogen and oxygen atoms in total. The van der Waals surface area contributed by atoms with Gasteiger partial charge in [0.1, 0.15) is 11.9 Å². The predicted molar refractivity (Wildman–Crippen MR) is 109 cm³/mol. The second kappa shape index (κ2) is 9.89. The predicted octanol–water partition coefficient (Wildman–Crippen LogP) is 0.938. The molecule has 3 rings (SSSR count). The number of ether oxygens (including phenoxy) is 2. The van der Waals surface area contributed by atoms with Gasteiger partial charge in [-0.05, 0) is 19.1 Å². The molecular formula is C20H31N5O4. The fourth-order valence-corrected chi connectivity index (χ4v) is 3.83. The van der Waals surface area contributed by atoms with Gasteiger partial charge in [-0.2, -0.15) is 0 Å². The van der Waals surface area contributed by atoms with Gasteiger partial charge in [0.25, 0.3) is 0 Å². The Morgan fingerprint density at radius 1 is 1.17 bits per heavy atom. The Hall–Kier alpha value is -2.39. The fraction of sp³-hybridized carbons (Fsp3) is 0.650. The number of methoxy groups -OCH3 is 1. The molecule has 1 aromatic rings. The first-order chi connectivity index (χ1) is 14.0. The lowest BCUT2D eigenvalue weighted by molar-refractivity contribution is 0.0239. The normalized spacial score (nSPS) is 19.8. The number of pyridine rings is 1. The van der Waals surface area contributed by atoms with Gasteiger partial charge in [0.05, 0.1) is 12.2 Å². The molecule has 0 aliphatic carbocycles. The molecule has 0 radical (unpaired) electrons. The summed E-state index contributed by atoms with van der Waals surface area (Å²) in [5, 5.41) is 0. The lowest BCUT2D eigenvalue weighted by atomic mass is 10.1. The van der Waals surface area contributed by atoms with E-state index < -0.39 is 5.91 Å². The van der Waals surface area contributed by atoms with E-state index in [0.29, 0.717) is 31.3 Å². The van der Waals surface area contributed by atoms with Gasteiger partial charge in [-0.3, -0.25) is 9.69 Å². The standard InChI is InChI=1S/C20H31N5O4/c1-15(14-28-2)23-9-11-25(12-10-23)20(27)29-17-5-7-24(8-6-17)18-4-3-16(13-22-18)19(21)26/h3-4,13,15,17H,5-12,14H2,1-2H3,(H2,21,26)/t15-/m1/s1. The molecule has 2 fully saturated rings. The van der Waals surface area contributed by atoms with Gasteiger partial charge in [0.15, 0.2) is 0 Å². The number of piperazine rings is 1. The molecule has 2 aliphatic heterocycles. The Balaban J connectivity index is 1.41. The number of anilines is 1. The number of amides is 2. The Kier molecular flexibility index (Phi) is 7.27. The SMILES string of the molecule is COC[C@@H](C)N1CCN(C(=O)OC2CCN(c3ccc(C(N)=O)cn3)CC2)CC1. The number of carbonyl (C=O) groups is 2. The number of aromatic nitrogens is 1. The summed E-state index contributed by atoms with van der Waals surface area (Å²) in [6.45, 7) is 7.39. The summed E-state index contributed by atoms with van der Waals surface area (Å²) in [5.41, 5.74) is 5.65. The highest BCUT2D eigenvalue weighted by Crippen LogP contribution is 2.21. The summed E-state index contributed by atoms with van der Waals surface area (Å²) in [6, 6.07) is 3.84. The van der Waals surface area contributed by atoms with Crippen LogP contribution < -0.4 is 10.6 Å². The molecule has 0 spiro atoms. The molecule has 0 saturated carbocycles. The molecule has 1 aromatic heterocycles. The molecule has 0 unspecified atom stereocenters. The number of hydrogen-bond acceptors (Lipinski definition) is 7. The first kappa shape index (κ1) is 21.3. The number of piperidine rings is 1. The zero-order valence-electron chi connectivity index (χ0n) is 17.2. The van der Waals surface area contributed by atoms with Gasteiger partial charge in [0.2, 0.25) is 5.91 Å². The van der Waals surface area contributed by atoms with Crippen molar-refractivity contribution in [3.63, 3.8) is 0 Å². The first-order valence-corrected chi connectivity index (χ1v) is 10.2. The maximum Gasteiger partial charge on any atom is 0.410 e. The third-order valence-electron chi connectivity index (χ3n) is 5.67. The van der Waals surface area contributed by atoms with Crippen molar-refractivity contribution < 1.29 is 19.1 Å². The van der Waals surface area contributed by atoms with Crippen LogP contribution in [0.2, 0.25) is 0 Å². The second-order valence-electron chi connectivity index (χ2n) is 7.67. The molecule has 2 N–H and O–H groups in total. The van der Waals surface area contributed by atoms with Gasteiger partial charge in [-0.15, -0.1) is 0 Å². The molecule has 2 aliphatic rings. The van der Waals surface area contributed by atoms with E-state index in [4.69, 9.17) is 15.2 Å². The molecule has 0 bridgehead atoms. The Bertz CT molecular complexity index is 683. The molecule has 2 saturated heterocycles. The van der Waals surface area contributed by atoms with Crippen LogP contribution in [-0.2, 0) is 9.47 Å². The minimum atomic E-state index is -0.483. The third kappa shape index (κ3) is 5.57. The fourth-order valence-electron chi connectivity index (χ4n) is 3.83. The van der Waals surface area contributed by atoms with E-state index in [1.165, 1.54) is 6.20 Å². The number of hydrogen-bond donors (Lipinski definition) is 1. The molecule has 3 heterocycles. The van der Waals surface area contributed by atoms with Crippen LogP contribution in [0.4, 0.5) is 10.6 Å². The number of primary amides is 1. The van der Waals surface area contributed by atoms with Gasteiger partial charge < -0.3 is 25.0 Å². The molecule has 29 heavy (non-hydrogen) atoms. The Labute approximate surface area is 171 Å². The van der Waals surface area contributed by atoms with Gasteiger partial charge in [-0.1, -0.05) is 0 Å². The van der Waals surface area contributed by atoms with Crippen molar-refractivity contribution >= 4 is 17.8 Å². The van der Waals surface area contributed by atoms with Crippen molar-refractivity contribution in [2.24, 2.45) is 5.73 Å². The summed E-state index contributed by atoms with van der Waals surface area (Å²) in [6.07, 6.45) is 2.73. The topological polar surface area (TPSA) is 101 Å². The number of rotatable bonds is 6. The van der Waals surface area contributed by atoms with E-state index in [1.54, 1.807) is 24.1 Å². The molecule has 9 heteroatoms. The maximum atomic E-state index is 12.5. The summed E-state index contributed by atoms with van der Waals surface area (Å²) in [7, 11) is 1.71. The second-order valence-corrected chi connectivity index (χ2v) is 7.67. The summed E-state index contributed by atoms with van der Waals surface area (Å²) in [5.74, 6) is 0.324. The average Bonchev–Trinajstić information content (AvgIpc) is 2.74. The molecule has 1 atom stereocenters. The van der Waals surface area contributed by atoms with Crippen LogP contribution in [0.25, 0.3) is 0 Å². The van der Waals surface area contributed by atoms with Crippen molar-refractivity contribution in [2.75, 3.05) is 57.9 Å². The van der Waals surface area contributed by atoms with Crippen molar-refractivity contribution in [2.45, 2.75) is 31.9 Å².